The van der Waals surface area contributed by atoms with Gasteiger partial charge in [-0.1, -0.05) is 282 Å². The predicted molar refractivity (Wildman–Crippen MR) is 348 cm³/mol. The second kappa shape index (κ2) is 66.8. The highest BCUT2D eigenvalue weighted by atomic mass is 16.6. The molecule has 1 unspecified atom stereocenters. The average Bonchev–Trinajstić information content (AvgIpc) is 3.46. The van der Waals surface area contributed by atoms with Gasteiger partial charge in [0.1, 0.15) is 13.2 Å². The van der Waals surface area contributed by atoms with Crippen molar-refractivity contribution in [3.05, 3.63) is 146 Å². The lowest BCUT2D eigenvalue weighted by atomic mass is 10.1. The fraction of sp³-hybridized carbons (Fsp3) is 0.635. The van der Waals surface area contributed by atoms with Crippen molar-refractivity contribution in [1.82, 2.24) is 0 Å². The van der Waals surface area contributed by atoms with Crippen LogP contribution in [-0.4, -0.2) is 37.2 Å². The summed E-state index contributed by atoms with van der Waals surface area (Å²) in [6, 6.07) is 0. The normalized spacial score (nSPS) is 13.1. The van der Waals surface area contributed by atoms with Crippen molar-refractivity contribution in [2.75, 3.05) is 13.2 Å². The Morgan fingerprint density at radius 3 is 0.762 bits per heavy atom. The third-order valence-electron chi connectivity index (χ3n) is 13.6. The minimum absolute atomic E-state index is 0.0911. The van der Waals surface area contributed by atoms with Gasteiger partial charge in [0, 0.05) is 19.3 Å². The second-order valence-corrected chi connectivity index (χ2v) is 21.3. The number of ether oxygens (including phenoxy) is 3. The van der Waals surface area contributed by atoms with E-state index in [2.05, 4.69) is 167 Å². The van der Waals surface area contributed by atoms with Crippen molar-refractivity contribution in [3.8, 4) is 0 Å². The highest BCUT2D eigenvalue weighted by Crippen LogP contribution is 2.14. The van der Waals surface area contributed by atoms with Gasteiger partial charge >= 0.3 is 17.9 Å². The van der Waals surface area contributed by atoms with Crippen molar-refractivity contribution in [1.29, 1.82) is 0 Å². The van der Waals surface area contributed by atoms with Crippen LogP contribution in [0.3, 0.4) is 0 Å². The Balaban J connectivity index is 4.18. The molecule has 0 aliphatic carbocycles. The van der Waals surface area contributed by atoms with Gasteiger partial charge in [-0.3, -0.25) is 14.4 Å². The molecule has 1 atom stereocenters. The molecule has 0 aliphatic rings. The van der Waals surface area contributed by atoms with Crippen LogP contribution in [0.15, 0.2) is 146 Å². The van der Waals surface area contributed by atoms with Gasteiger partial charge in [-0.05, 0) is 128 Å². The molecule has 0 aromatic rings. The lowest BCUT2D eigenvalue weighted by molar-refractivity contribution is -0.167. The maximum absolute atomic E-state index is 12.9. The summed E-state index contributed by atoms with van der Waals surface area (Å²) < 4.78 is 16.8. The maximum atomic E-state index is 12.9. The van der Waals surface area contributed by atoms with Gasteiger partial charge in [0.15, 0.2) is 6.10 Å². The Morgan fingerprint density at radius 2 is 0.487 bits per heavy atom. The summed E-state index contributed by atoms with van der Waals surface area (Å²) in [5.41, 5.74) is 0. The van der Waals surface area contributed by atoms with Crippen molar-refractivity contribution < 1.29 is 28.6 Å². The second-order valence-electron chi connectivity index (χ2n) is 21.3. The minimum Gasteiger partial charge on any atom is -0.462 e. The highest BCUT2D eigenvalue weighted by molar-refractivity contribution is 5.71. The number of rotatable bonds is 58. The standard InChI is InChI=1S/C74H120O6/c1-4-7-10-13-16-18-20-22-24-26-28-30-32-33-34-35-36-37-38-39-40-41-43-44-46-48-50-52-54-56-58-61-64-67-73(76)79-70-71(69-78-72(75)66-63-60-15-12-9-6-3)80-74(77)68-65-62-59-57-55-53-51-49-47-45-42-31-29-27-25-23-21-19-17-14-11-8-5-2/h7,10,16,18,21-24,27-30,33-34,36-37,39-40,42-45,48,50,71H,4-6,8-9,11-15,17,19-20,25-26,31-32,35,38,41,46-47,49,51-70H2,1-3H3/b10-7-,18-16-,23-21-,24-22-,29-27-,30-28-,34-33-,37-36-,40-39-,44-43-,45-42-,50-48-. The summed E-state index contributed by atoms with van der Waals surface area (Å²) in [5, 5.41) is 0. The van der Waals surface area contributed by atoms with Crippen LogP contribution in [-0.2, 0) is 28.6 Å². The molecule has 0 saturated heterocycles. The van der Waals surface area contributed by atoms with E-state index in [1.54, 1.807) is 0 Å². The molecular weight excluding hydrogens is 985 g/mol. The van der Waals surface area contributed by atoms with Crippen LogP contribution in [0.25, 0.3) is 0 Å². The minimum atomic E-state index is -0.793. The molecule has 0 saturated carbocycles. The molecule has 452 valence electrons. The summed E-state index contributed by atoms with van der Waals surface area (Å²) >= 11 is 0. The molecule has 0 aliphatic heterocycles. The fourth-order valence-electron chi connectivity index (χ4n) is 8.68. The number of hydrogen-bond donors (Lipinski definition) is 0. The first-order valence-corrected chi connectivity index (χ1v) is 32.8. The summed E-state index contributed by atoms with van der Waals surface area (Å²) in [5.74, 6) is -0.929. The third-order valence-corrected chi connectivity index (χ3v) is 13.6. The van der Waals surface area contributed by atoms with Crippen LogP contribution in [0.5, 0.6) is 0 Å². The van der Waals surface area contributed by atoms with E-state index in [4.69, 9.17) is 14.2 Å². The van der Waals surface area contributed by atoms with Gasteiger partial charge in [0.05, 0.1) is 0 Å². The lowest BCUT2D eigenvalue weighted by Gasteiger charge is -2.18. The number of allylic oxidation sites excluding steroid dienone is 24. The molecular formula is C74H120O6. The zero-order valence-electron chi connectivity index (χ0n) is 51.8. The summed E-state index contributed by atoms with van der Waals surface area (Å²) in [6.07, 6.45) is 96.0. The summed E-state index contributed by atoms with van der Waals surface area (Å²) in [7, 11) is 0. The van der Waals surface area contributed by atoms with Gasteiger partial charge in [-0.2, -0.15) is 0 Å². The van der Waals surface area contributed by atoms with Crippen LogP contribution in [0.4, 0.5) is 0 Å². The van der Waals surface area contributed by atoms with Crippen molar-refractivity contribution in [2.45, 2.75) is 290 Å². The first-order valence-electron chi connectivity index (χ1n) is 32.8. The molecule has 0 spiro atoms. The van der Waals surface area contributed by atoms with E-state index in [0.717, 1.165) is 154 Å². The molecule has 80 heavy (non-hydrogen) atoms. The topological polar surface area (TPSA) is 78.9 Å². The largest absolute Gasteiger partial charge is 0.462 e. The van der Waals surface area contributed by atoms with E-state index in [1.165, 1.54) is 89.9 Å². The zero-order chi connectivity index (χ0) is 57.8. The van der Waals surface area contributed by atoms with Crippen LogP contribution < -0.4 is 0 Å². The Hall–Kier alpha value is -4.71. The smallest absolute Gasteiger partial charge is 0.306 e. The number of carbonyl (C=O) groups is 3. The Kier molecular flexibility index (Phi) is 62.9. The van der Waals surface area contributed by atoms with E-state index in [-0.39, 0.29) is 31.1 Å². The molecule has 0 fully saturated rings. The molecule has 0 N–H and O–H groups in total. The molecule has 0 heterocycles. The van der Waals surface area contributed by atoms with E-state index in [9.17, 15) is 14.4 Å². The van der Waals surface area contributed by atoms with Gasteiger partial charge < -0.3 is 14.2 Å². The van der Waals surface area contributed by atoms with E-state index in [0.29, 0.717) is 19.3 Å². The van der Waals surface area contributed by atoms with Gasteiger partial charge in [-0.15, -0.1) is 0 Å². The lowest BCUT2D eigenvalue weighted by Crippen LogP contribution is -2.30. The molecule has 0 rings (SSSR count). The molecule has 6 nitrogen and oxygen atoms in total. The summed E-state index contributed by atoms with van der Waals surface area (Å²) in [6.45, 7) is 6.43. The van der Waals surface area contributed by atoms with Gasteiger partial charge in [-0.25, -0.2) is 0 Å². The third kappa shape index (κ3) is 64.1. The quantitative estimate of drug-likeness (QED) is 0.0261. The first-order chi connectivity index (χ1) is 39.5. The number of carbonyl (C=O) groups excluding carboxylic acids is 3. The molecule has 0 aromatic heterocycles. The molecule has 0 radical (unpaired) electrons. The predicted octanol–water partition coefficient (Wildman–Crippen LogP) is 22.7. The molecule has 0 aromatic carbocycles. The van der Waals surface area contributed by atoms with Crippen LogP contribution in [0.2, 0.25) is 0 Å². The van der Waals surface area contributed by atoms with Crippen LogP contribution >= 0.6 is 0 Å². The van der Waals surface area contributed by atoms with E-state index in [1.807, 2.05) is 0 Å². The molecule has 0 amide bonds. The number of esters is 3. The van der Waals surface area contributed by atoms with Crippen molar-refractivity contribution in [2.24, 2.45) is 0 Å². The Bertz CT molecular complexity index is 1750. The Labute approximate surface area is 493 Å². The average molecular weight is 1110 g/mol. The fourth-order valence-corrected chi connectivity index (χ4v) is 8.68. The van der Waals surface area contributed by atoms with E-state index < -0.39 is 6.10 Å². The zero-order valence-corrected chi connectivity index (χ0v) is 51.8. The van der Waals surface area contributed by atoms with Gasteiger partial charge in [0.25, 0.3) is 0 Å². The first kappa shape index (κ1) is 75.3. The Morgan fingerprint density at radius 1 is 0.263 bits per heavy atom. The molecule has 6 heteroatoms. The van der Waals surface area contributed by atoms with Crippen molar-refractivity contribution in [3.63, 3.8) is 0 Å². The van der Waals surface area contributed by atoms with Crippen molar-refractivity contribution >= 4 is 17.9 Å². The monoisotopic (exact) mass is 1100 g/mol. The molecule has 0 bridgehead atoms. The van der Waals surface area contributed by atoms with Crippen LogP contribution in [0, 0.1) is 0 Å². The van der Waals surface area contributed by atoms with Crippen LogP contribution in [0.1, 0.15) is 284 Å². The number of unbranched alkanes of at least 4 members (excludes halogenated alkanes) is 23. The maximum Gasteiger partial charge on any atom is 0.306 e. The summed E-state index contributed by atoms with van der Waals surface area (Å²) in [4.78, 5) is 38.0. The highest BCUT2D eigenvalue weighted by Gasteiger charge is 2.19. The van der Waals surface area contributed by atoms with Gasteiger partial charge in [0.2, 0.25) is 0 Å². The number of hydrogen-bond acceptors (Lipinski definition) is 6. The van der Waals surface area contributed by atoms with E-state index >= 15 is 0 Å². The SMILES string of the molecule is CC/C=C\C/C=C\C/C=C\C/C=C\C/C=C\C/C=C\C/C=C\C/C=C\C/C=C\CCCCCCCC(=O)OCC(COC(=O)CCCCCCCC)OC(=O)CCCCCCCCCC/C=C\C/C=C\C/C=C\CCCCCCC.